The zero-order chi connectivity index (χ0) is 59.6. The molecule has 1 aliphatic carbocycles. The van der Waals surface area contributed by atoms with E-state index in [0.29, 0.717) is 17.7 Å². The number of nitrogens with zero attached hydrogens (tertiary/aromatic N) is 2. The lowest BCUT2D eigenvalue weighted by molar-refractivity contribution is -0.433. The number of carbonyl (C=O) groups is 6. The number of nitrogens with one attached hydrogen (secondary N) is 4. The summed E-state index contributed by atoms with van der Waals surface area (Å²) in [5.41, 5.74) is 7.89. The first-order valence-corrected chi connectivity index (χ1v) is 29.2. The van der Waals surface area contributed by atoms with Crippen LogP contribution in [0.15, 0.2) is 120 Å². The summed E-state index contributed by atoms with van der Waals surface area (Å²) in [5, 5.41) is 37.3. The largest absolute Gasteiger partial charge is 0.481 e. The highest BCUT2D eigenvalue weighted by atomic mass is 32.2. The predicted molar refractivity (Wildman–Crippen MR) is 308 cm³/mol. The number of amides is 4. The summed E-state index contributed by atoms with van der Waals surface area (Å²) in [6.45, 7) is 12.4. The number of rotatable bonds is 31. The summed E-state index contributed by atoms with van der Waals surface area (Å²) in [7, 11) is -4.23. The van der Waals surface area contributed by atoms with Gasteiger partial charge < -0.3 is 55.7 Å². The molecule has 3 aromatic rings. The molecule has 0 bridgehead atoms. The van der Waals surface area contributed by atoms with E-state index >= 15 is 0 Å². The van der Waals surface area contributed by atoms with Crippen LogP contribution in [-0.2, 0) is 49.6 Å². The number of anilines is 1. The van der Waals surface area contributed by atoms with Crippen LogP contribution in [0.2, 0.25) is 0 Å². The number of carboxylic acids is 3. The number of hydrogen-bond acceptors (Lipinski definition) is 12. The Morgan fingerprint density at radius 2 is 1.45 bits per heavy atom. The number of allylic oxidation sites excluding steroid dienone is 7. The Bertz CT molecular complexity index is 3090. The highest BCUT2D eigenvalue weighted by molar-refractivity contribution is 7.85. The molecule has 21 nitrogen and oxygen atoms in total. The fourth-order valence-electron chi connectivity index (χ4n) is 10.4. The number of benzene rings is 3. The van der Waals surface area contributed by atoms with Gasteiger partial charge in [0.05, 0.1) is 31.0 Å². The van der Waals surface area contributed by atoms with Gasteiger partial charge in [-0.05, 0) is 131 Å². The number of fused-ring (bicyclic) bond motifs is 2. The van der Waals surface area contributed by atoms with Gasteiger partial charge in [-0.2, -0.15) is 13.0 Å². The van der Waals surface area contributed by atoms with E-state index in [1.54, 1.807) is 6.07 Å². The summed E-state index contributed by atoms with van der Waals surface area (Å²) in [5.74, 6) is -3.74. The van der Waals surface area contributed by atoms with Gasteiger partial charge >= 0.3 is 23.9 Å². The Morgan fingerprint density at radius 3 is 2.15 bits per heavy atom. The van der Waals surface area contributed by atoms with Crippen molar-refractivity contribution in [1.82, 2.24) is 21.3 Å². The molecule has 3 aliphatic rings. The fourth-order valence-corrected chi connectivity index (χ4v) is 10.9. The third kappa shape index (κ3) is 17.4. The number of para-hydroxylation sites is 2. The Hall–Kier alpha value is -7.66. The summed E-state index contributed by atoms with van der Waals surface area (Å²) in [4.78, 5) is 73.9. The minimum atomic E-state index is -4.23. The van der Waals surface area contributed by atoms with E-state index < -0.39 is 69.6 Å². The number of carboxylic acid groups (broad SMARTS) is 3. The normalized spacial score (nSPS) is 17.1. The highest BCUT2D eigenvalue weighted by Gasteiger charge is 2.44. The monoisotopic (exact) mass is 1150 g/mol. The fraction of sp³-hybridized carbons (Fsp3) is 0.450. The molecule has 6 rings (SSSR count). The van der Waals surface area contributed by atoms with E-state index in [9.17, 15) is 52.0 Å². The zero-order valence-electron chi connectivity index (χ0n) is 47.2. The first kappa shape index (κ1) is 63.5. The number of ether oxygens (including phenoxy) is 3. The number of aliphatic carboxylic acids is 3. The van der Waals surface area contributed by atoms with Crippen LogP contribution in [0.5, 0.6) is 5.75 Å². The minimum Gasteiger partial charge on any atom is -0.481 e. The second-order valence-electron chi connectivity index (χ2n) is 21.2. The molecule has 442 valence electrons. The van der Waals surface area contributed by atoms with Gasteiger partial charge in [-0.1, -0.05) is 56.3 Å². The van der Waals surface area contributed by atoms with Gasteiger partial charge in [-0.25, -0.2) is 14.4 Å². The third-order valence-electron chi connectivity index (χ3n) is 14.6. The third-order valence-corrected chi connectivity index (χ3v) is 15.4. The number of urea groups is 1. The van der Waals surface area contributed by atoms with Crippen LogP contribution >= 0.6 is 0 Å². The second-order valence-corrected chi connectivity index (χ2v) is 22.8. The molecular formula is C60H77N6O15S+. The van der Waals surface area contributed by atoms with Crippen molar-refractivity contribution in [3.8, 4) is 5.75 Å². The smallest absolute Gasteiger partial charge is 0.326 e. The van der Waals surface area contributed by atoms with Gasteiger partial charge in [0.25, 0.3) is 16.0 Å². The van der Waals surface area contributed by atoms with Crippen molar-refractivity contribution < 1.29 is 75.8 Å². The lowest BCUT2D eigenvalue weighted by Gasteiger charge is -2.27. The van der Waals surface area contributed by atoms with Crippen molar-refractivity contribution in [3.63, 3.8) is 0 Å². The molecule has 2 heterocycles. The summed E-state index contributed by atoms with van der Waals surface area (Å²) >= 11 is 0. The van der Waals surface area contributed by atoms with Gasteiger partial charge in [0.1, 0.15) is 36.7 Å². The van der Waals surface area contributed by atoms with Crippen LogP contribution in [0.4, 0.5) is 16.2 Å². The van der Waals surface area contributed by atoms with E-state index in [4.69, 9.17) is 19.3 Å². The Morgan fingerprint density at radius 1 is 0.756 bits per heavy atom. The lowest BCUT2D eigenvalue weighted by atomic mass is 9.81. The van der Waals surface area contributed by atoms with Crippen LogP contribution in [0.3, 0.4) is 0 Å². The van der Waals surface area contributed by atoms with Crippen LogP contribution in [0.25, 0.3) is 0 Å². The molecule has 22 heteroatoms. The van der Waals surface area contributed by atoms with Gasteiger partial charge in [-0.15, -0.1) is 0 Å². The summed E-state index contributed by atoms with van der Waals surface area (Å²) in [6, 6.07) is 19.7. The Labute approximate surface area is 478 Å². The first-order valence-electron chi connectivity index (χ1n) is 27.6. The molecule has 0 saturated carbocycles. The lowest BCUT2D eigenvalue weighted by Crippen LogP contribution is -2.51. The molecule has 3 aromatic carbocycles. The molecule has 82 heavy (non-hydrogen) atoms. The molecule has 0 fully saturated rings. The van der Waals surface area contributed by atoms with E-state index in [-0.39, 0.29) is 83.1 Å². The molecule has 0 unspecified atom stereocenters. The van der Waals surface area contributed by atoms with Crippen molar-refractivity contribution >= 4 is 63.0 Å². The number of hydrogen-bond donors (Lipinski definition) is 8. The van der Waals surface area contributed by atoms with Gasteiger partial charge in [0, 0.05) is 66.1 Å². The molecule has 0 radical (unpaired) electrons. The Balaban J connectivity index is 1.03. The Kier molecular flexibility index (Phi) is 22.7. The van der Waals surface area contributed by atoms with Crippen LogP contribution in [-0.4, -0.2) is 145 Å². The zero-order valence-corrected chi connectivity index (χ0v) is 48.0. The van der Waals surface area contributed by atoms with E-state index in [0.717, 1.165) is 59.7 Å². The molecular weight excluding hydrogens is 1080 g/mol. The quantitative estimate of drug-likeness (QED) is 0.0180. The first-order chi connectivity index (χ1) is 39.0. The standard InChI is InChI=1S/C60H76N6O15S/c1-6-65-48-22-11-10-20-44(48)59(2,3)50(65)28-24-40-16-14-17-41(54(40)81-43-18-8-7-9-19-43)25-29-51-60(4,5)45-38-42(23-27-49(45)66(51)33-15-37-82(76,77)78)55(70)62-32-34-79-35-36-80-39-52(67)61-31-13-12-21-46(56(71)72)63-58(75)64-47(57(73)74)26-30-53(68)69/h7-11,18-20,22-25,27-29,38,46-47H,6,12-17,21,26,30-37,39H2,1-5H3,(H7-,61,62,63,64,67,68,69,70,71,72,73,74,75,76,77,78)/p+1/t46-,47-/m0/s1. The van der Waals surface area contributed by atoms with Crippen LogP contribution in [0, 0.1) is 0 Å². The van der Waals surface area contributed by atoms with Crippen molar-refractivity contribution in [2.24, 2.45) is 0 Å². The van der Waals surface area contributed by atoms with Gasteiger partial charge in [-0.3, -0.25) is 18.9 Å². The molecule has 2 atom stereocenters. The van der Waals surface area contributed by atoms with Crippen molar-refractivity contribution in [1.29, 1.82) is 0 Å². The molecule has 4 amide bonds. The average Bonchev–Trinajstić information content (AvgIpc) is 3.85. The van der Waals surface area contributed by atoms with Gasteiger partial charge in [0.2, 0.25) is 11.6 Å². The number of carbonyl (C=O) groups excluding carboxylic acids is 3. The molecule has 8 N–H and O–H groups in total. The topological polar surface area (TPSA) is 300 Å². The highest BCUT2D eigenvalue weighted by Crippen LogP contribution is 2.49. The van der Waals surface area contributed by atoms with Crippen LogP contribution < -0.4 is 30.9 Å². The van der Waals surface area contributed by atoms with E-state index in [2.05, 4.69) is 114 Å². The van der Waals surface area contributed by atoms with Crippen molar-refractivity contribution in [2.75, 3.05) is 63.3 Å². The maximum atomic E-state index is 13.6. The minimum absolute atomic E-state index is 0.0220. The van der Waals surface area contributed by atoms with E-state index in [1.165, 1.54) is 17.0 Å². The summed E-state index contributed by atoms with van der Waals surface area (Å²) in [6.07, 6.45) is 10.9. The van der Waals surface area contributed by atoms with Gasteiger partial charge in [0.15, 0.2) is 5.71 Å². The average molecular weight is 1150 g/mol. The van der Waals surface area contributed by atoms with Crippen molar-refractivity contribution in [2.45, 2.75) is 115 Å². The van der Waals surface area contributed by atoms with Crippen LogP contribution in [0.1, 0.15) is 114 Å². The van der Waals surface area contributed by atoms with E-state index in [1.807, 2.05) is 42.5 Å². The molecule has 0 spiro atoms. The predicted octanol–water partition coefficient (Wildman–Crippen LogP) is 7.16. The SMILES string of the molecule is CC[N+]1=C(/C=C/C2=C(Oc3ccccc3)C(=C/C=C3/N(CCCS(=O)(=O)O)c4ccc(C(=O)NCCOCCOCC(=O)NCCCC[C@H](NC(=O)N[C@@H](CCC(=O)O)C(=O)O)C(=O)O)cc4C3(C)C)/CCC2)C(C)(C)c2ccccc21. The van der Waals surface area contributed by atoms with Crippen molar-refractivity contribution in [3.05, 3.63) is 136 Å². The molecule has 0 saturated heterocycles. The molecule has 0 aromatic heterocycles. The second kappa shape index (κ2) is 29.4. The number of unbranched alkanes of at least 4 members (excludes halogenated alkanes) is 1. The molecule has 2 aliphatic heterocycles. The maximum absolute atomic E-state index is 13.6. The summed E-state index contributed by atoms with van der Waals surface area (Å²) < 4.78 is 53.7. The maximum Gasteiger partial charge on any atom is 0.326 e.